The second kappa shape index (κ2) is 4.66. The van der Waals surface area contributed by atoms with Gasteiger partial charge in [-0.1, -0.05) is 18.2 Å². The van der Waals surface area contributed by atoms with Crippen molar-refractivity contribution < 1.29 is 14.3 Å². The molecule has 0 spiro atoms. The SMILES string of the molecule is O=C(CO)c1ccc2oc(-c3ccccc3)nc2c1. The van der Waals surface area contributed by atoms with E-state index in [1.165, 1.54) is 0 Å². The van der Waals surface area contributed by atoms with Gasteiger partial charge in [-0.15, -0.1) is 0 Å². The number of benzene rings is 2. The monoisotopic (exact) mass is 253 g/mol. The molecule has 0 unspecified atom stereocenters. The molecule has 0 aliphatic rings. The molecule has 4 nitrogen and oxygen atoms in total. The van der Waals surface area contributed by atoms with Gasteiger partial charge in [-0.2, -0.15) is 0 Å². The first-order valence-corrected chi connectivity index (χ1v) is 5.88. The van der Waals surface area contributed by atoms with Crippen LogP contribution in [0, 0.1) is 0 Å². The number of Topliss-reactive ketones (excluding diaryl/α,β-unsaturated/α-hetero) is 1. The van der Waals surface area contributed by atoms with Gasteiger partial charge in [-0.25, -0.2) is 4.98 Å². The van der Waals surface area contributed by atoms with Crippen LogP contribution in [-0.4, -0.2) is 22.5 Å². The van der Waals surface area contributed by atoms with Crippen molar-refractivity contribution in [2.24, 2.45) is 0 Å². The number of ketones is 1. The number of fused-ring (bicyclic) bond motifs is 1. The number of aliphatic hydroxyl groups is 1. The molecule has 0 bridgehead atoms. The molecule has 0 aliphatic carbocycles. The fraction of sp³-hybridized carbons (Fsp3) is 0.0667. The first-order chi connectivity index (χ1) is 9.28. The van der Waals surface area contributed by atoms with Crippen LogP contribution in [0.2, 0.25) is 0 Å². The Bertz CT molecular complexity index is 731. The van der Waals surface area contributed by atoms with Gasteiger partial charge in [-0.3, -0.25) is 4.79 Å². The third kappa shape index (κ3) is 2.13. The minimum absolute atomic E-state index is 0.328. The Balaban J connectivity index is 2.09. The fourth-order valence-corrected chi connectivity index (χ4v) is 1.90. The highest BCUT2D eigenvalue weighted by molar-refractivity contribution is 5.99. The molecule has 0 atom stereocenters. The van der Waals surface area contributed by atoms with Crippen LogP contribution < -0.4 is 0 Å². The Morgan fingerprint density at radius 3 is 2.68 bits per heavy atom. The third-order valence-corrected chi connectivity index (χ3v) is 2.87. The van der Waals surface area contributed by atoms with Gasteiger partial charge < -0.3 is 9.52 Å². The average molecular weight is 253 g/mol. The molecule has 94 valence electrons. The number of aliphatic hydroxyl groups excluding tert-OH is 1. The minimum atomic E-state index is -0.505. The second-order valence-electron chi connectivity index (χ2n) is 4.15. The highest BCUT2D eigenvalue weighted by Crippen LogP contribution is 2.24. The van der Waals surface area contributed by atoms with Crippen molar-refractivity contribution in [1.29, 1.82) is 0 Å². The van der Waals surface area contributed by atoms with Gasteiger partial charge >= 0.3 is 0 Å². The van der Waals surface area contributed by atoms with Gasteiger partial charge in [0, 0.05) is 11.1 Å². The number of aromatic nitrogens is 1. The van der Waals surface area contributed by atoms with E-state index < -0.39 is 6.61 Å². The summed E-state index contributed by atoms with van der Waals surface area (Å²) in [6.45, 7) is -0.505. The van der Waals surface area contributed by atoms with Gasteiger partial charge in [0.1, 0.15) is 12.1 Å². The maximum Gasteiger partial charge on any atom is 0.227 e. The molecular formula is C15H11NO3. The van der Waals surface area contributed by atoms with Crippen LogP contribution in [0.5, 0.6) is 0 Å². The number of rotatable bonds is 3. The van der Waals surface area contributed by atoms with Crippen LogP contribution in [0.3, 0.4) is 0 Å². The molecule has 3 rings (SSSR count). The molecular weight excluding hydrogens is 242 g/mol. The van der Waals surface area contributed by atoms with E-state index >= 15 is 0 Å². The molecule has 0 saturated heterocycles. The lowest BCUT2D eigenvalue weighted by Crippen LogP contribution is -2.03. The van der Waals surface area contributed by atoms with E-state index in [2.05, 4.69) is 4.98 Å². The van der Waals surface area contributed by atoms with Gasteiger partial charge in [0.05, 0.1) is 0 Å². The maximum absolute atomic E-state index is 11.4. The Hall–Kier alpha value is -2.46. The molecule has 2 aromatic carbocycles. The first-order valence-electron chi connectivity index (χ1n) is 5.88. The number of carbonyl (C=O) groups is 1. The Morgan fingerprint density at radius 2 is 1.95 bits per heavy atom. The molecule has 19 heavy (non-hydrogen) atoms. The lowest BCUT2D eigenvalue weighted by Gasteiger charge is -1.95. The molecule has 4 heteroatoms. The fourth-order valence-electron chi connectivity index (χ4n) is 1.90. The molecule has 0 aliphatic heterocycles. The van der Waals surface area contributed by atoms with E-state index in [0.29, 0.717) is 22.6 Å². The normalized spacial score (nSPS) is 10.8. The van der Waals surface area contributed by atoms with Gasteiger partial charge in [-0.05, 0) is 30.3 Å². The van der Waals surface area contributed by atoms with Crippen LogP contribution >= 0.6 is 0 Å². The van der Waals surface area contributed by atoms with Crippen LogP contribution in [0.4, 0.5) is 0 Å². The largest absolute Gasteiger partial charge is 0.436 e. The standard InChI is InChI=1S/C15H11NO3/c17-9-13(18)11-6-7-14-12(8-11)16-15(19-14)10-4-2-1-3-5-10/h1-8,17H,9H2. The van der Waals surface area contributed by atoms with Crippen LogP contribution in [0.1, 0.15) is 10.4 Å². The molecule has 3 aromatic rings. The zero-order valence-electron chi connectivity index (χ0n) is 10.0. The topological polar surface area (TPSA) is 63.3 Å². The van der Waals surface area contributed by atoms with Crippen molar-refractivity contribution in [1.82, 2.24) is 4.98 Å². The molecule has 1 N–H and O–H groups in total. The summed E-state index contributed by atoms with van der Waals surface area (Å²) in [4.78, 5) is 15.8. The number of hydrogen-bond donors (Lipinski definition) is 1. The molecule has 1 heterocycles. The van der Waals surface area contributed by atoms with Crippen molar-refractivity contribution in [2.45, 2.75) is 0 Å². The summed E-state index contributed by atoms with van der Waals surface area (Å²) >= 11 is 0. The Morgan fingerprint density at radius 1 is 1.16 bits per heavy atom. The zero-order valence-corrected chi connectivity index (χ0v) is 10.0. The number of carbonyl (C=O) groups excluding carboxylic acids is 1. The van der Waals surface area contributed by atoms with Crippen molar-refractivity contribution in [3.05, 3.63) is 54.1 Å². The minimum Gasteiger partial charge on any atom is -0.436 e. The van der Waals surface area contributed by atoms with Gasteiger partial charge in [0.25, 0.3) is 0 Å². The molecule has 1 aromatic heterocycles. The van der Waals surface area contributed by atoms with Crippen molar-refractivity contribution in [3.8, 4) is 11.5 Å². The molecule has 0 amide bonds. The average Bonchev–Trinajstić information content (AvgIpc) is 2.90. The van der Waals surface area contributed by atoms with Crippen molar-refractivity contribution in [2.75, 3.05) is 6.61 Å². The summed E-state index contributed by atoms with van der Waals surface area (Å²) in [5.74, 6) is 0.190. The Labute approximate surface area is 109 Å². The van der Waals surface area contributed by atoms with E-state index in [9.17, 15) is 4.79 Å². The maximum atomic E-state index is 11.4. The summed E-state index contributed by atoms with van der Waals surface area (Å²) < 4.78 is 5.64. The third-order valence-electron chi connectivity index (χ3n) is 2.87. The van der Waals surface area contributed by atoms with Gasteiger partial charge in [0.2, 0.25) is 5.89 Å². The van der Waals surface area contributed by atoms with E-state index in [0.717, 1.165) is 5.56 Å². The molecule has 0 fully saturated rings. The van der Waals surface area contributed by atoms with Crippen molar-refractivity contribution >= 4 is 16.9 Å². The van der Waals surface area contributed by atoms with E-state index in [4.69, 9.17) is 9.52 Å². The second-order valence-corrected chi connectivity index (χ2v) is 4.15. The number of nitrogens with zero attached hydrogens (tertiary/aromatic N) is 1. The number of hydrogen-bond acceptors (Lipinski definition) is 4. The van der Waals surface area contributed by atoms with E-state index in [-0.39, 0.29) is 5.78 Å². The first kappa shape index (κ1) is 11.6. The summed E-state index contributed by atoms with van der Waals surface area (Å²) in [6, 6.07) is 14.5. The number of oxazole rings is 1. The Kier molecular flexibility index (Phi) is 2.85. The lowest BCUT2D eigenvalue weighted by atomic mass is 10.1. The zero-order chi connectivity index (χ0) is 13.2. The quantitative estimate of drug-likeness (QED) is 0.729. The van der Waals surface area contributed by atoms with Crippen LogP contribution in [0.15, 0.2) is 52.9 Å². The summed E-state index contributed by atoms with van der Waals surface area (Å²) in [6.07, 6.45) is 0. The predicted octanol–water partition coefficient (Wildman–Crippen LogP) is 2.67. The lowest BCUT2D eigenvalue weighted by molar-refractivity contribution is 0.0904. The van der Waals surface area contributed by atoms with Crippen molar-refractivity contribution in [3.63, 3.8) is 0 Å². The smallest absolute Gasteiger partial charge is 0.227 e. The van der Waals surface area contributed by atoms with Gasteiger partial charge in [0.15, 0.2) is 11.4 Å². The summed E-state index contributed by atoms with van der Waals surface area (Å²) in [5, 5.41) is 8.85. The predicted molar refractivity (Wildman–Crippen MR) is 70.9 cm³/mol. The van der Waals surface area contributed by atoms with Crippen LogP contribution in [0.25, 0.3) is 22.6 Å². The summed E-state index contributed by atoms with van der Waals surface area (Å²) in [7, 11) is 0. The van der Waals surface area contributed by atoms with E-state index in [1.807, 2.05) is 30.3 Å². The highest BCUT2D eigenvalue weighted by atomic mass is 16.3. The van der Waals surface area contributed by atoms with Crippen LogP contribution in [-0.2, 0) is 0 Å². The highest BCUT2D eigenvalue weighted by Gasteiger charge is 2.10. The molecule has 0 radical (unpaired) electrons. The van der Waals surface area contributed by atoms with E-state index in [1.54, 1.807) is 18.2 Å². The molecule has 0 saturated carbocycles. The summed E-state index contributed by atoms with van der Waals surface area (Å²) in [5.41, 5.74) is 2.54.